The van der Waals surface area contributed by atoms with Gasteiger partial charge in [-0.1, -0.05) is 18.7 Å². The highest BCUT2D eigenvalue weighted by Crippen LogP contribution is 2.35. The van der Waals surface area contributed by atoms with E-state index in [2.05, 4.69) is 6.58 Å². The minimum absolute atomic E-state index is 0.0796. The van der Waals surface area contributed by atoms with E-state index < -0.39 is 0 Å². The molecule has 0 spiro atoms. The summed E-state index contributed by atoms with van der Waals surface area (Å²) in [5.41, 5.74) is 0.956. The number of hydrogen-bond donors (Lipinski definition) is 0. The molecule has 17 heavy (non-hydrogen) atoms. The van der Waals surface area contributed by atoms with Crippen LogP contribution in [0.25, 0.3) is 0 Å². The maximum absolute atomic E-state index is 11.6. The van der Waals surface area contributed by atoms with E-state index in [-0.39, 0.29) is 12.7 Å². The first-order valence-corrected chi connectivity index (χ1v) is 5.55. The van der Waals surface area contributed by atoms with Gasteiger partial charge in [0.25, 0.3) is 0 Å². The zero-order valence-corrected chi connectivity index (χ0v) is 9.81. The molecule has 0 N–H and O–H groups in total. The number of ether oxygens (including phenoxy) is 2. The molecule has 1 aliphatic heterocycles. The average Bonchev–Trinajstić information content (AvgIpc) is 2.83. The van der Waals surface area contributed by atoms with Gasteiger partial charge in [0.05, 0.1) is 0 Å². The number of hydrogen-bond acceptors (Lipinski definition) is 3. The van der Waals surface area contributed by atoms with E-state index in [1.807, 2.05) is 25.1 Å². The molecular weight excluding hydrogens is 218 g/mol. The summed E-state index contributed by atoms with van der Waals surface area (Å²) in [5, 5.41) is 0. The van der Waals surface area contributed by atoms with Crippen LogP contribution in [-0.2, 0) is 11.3 Å². The second kappa shape index (κ2) is 4.91. The lowest BCUT2D eigenvalue weighted by atomic mass is 10.1. The Balaban J connectivity index is 2.21. The molecule has 0 aliphatic carbocycles. The SMILES string of the molecule is C=CC(=O)N(CC)Cc1cccc2c1OCO2. The van der Waals surface area contributed by atoms with Gasteiger partial charge in [-0.05, 0) is 19.1 Å². The van der Waals surface area contributed by atoms with E-state index in [9.17, 15) is 4.79 Å². The van der Waals surface area contributed by atoms with Crippen molar-refractivity contribution >= 4 is 5.91 Å². The Kier molecular flexibility index (Phi) is 3.32. The van der Waals surface area contributed by atoms with Gasteiger partial charge in [-0.2, -0.15) is 0 Å². The molecule has 2 rings (SSSR count). The van der Waals surface area contributed by atoms with Gasteiger partial charge in [0.2, 0.25) is 12.7 Å². The molecule has 0 radical (unpaired) electrons. The van der Waals surface area contributed by atoms with Crippen LogP contribution in [-0.4, -0.2) is 24.1 Å². The Labute approximate surface area is 100 Å². The summed E-state index contributed by atoms with van der Waals surface area (Å²) in [6.07, 6.45) is 1.32. The molecule has 0 bridgehead atoms. The van der Waals surface area contributed by atoms with E-state index in [1.165, 1.54) is 6.08 Å². The lowest BCUT2D eigenvalue weighted by molar-refractivity contribution is -0.126. The molecular formula is C13H15NO3. The van der Waals surface area contributed by atoms with Gasteiger partial charge in [0.15, 0.2) is 11.5 Å². The first-order valence-electron chi connectivity index (χ1n) is 5.55. The molecule has 1 aromatic rings. The Hall–Kier alpha value is -1.97. The van der Waals surface area contributed by atoms with Crippen LogP contribution in [0.4, 0.5) is 0 Å². The van der Waals surface area contributed by atoms with Gasteiger partial charge >= 0.3 is 0 Å². The molecule has 4 heteroatoms. The van der Waals surface area contributed by atoms with Crippen molar-refractivity contribution < 1.29 is 14.3 Å². The topological polar surface area (TPSA) is 38.8 Å². The molecule has 0 saturated carbocycles. The number of carbonyl (C=O) groups is 1. The number of carbonyl (C=O) groups excluding carboxylic acids is 1. The Morgan fingerprint density at radius 3 is 3.06 bits per heavy atom. The van der Waals surface area contributed by atoms with Crippen molar-refractivity contribution in [2.24, 2.45) is 0 Å². The van der Waals surface area contributed by atoms with Crippen molar-refractivity contribution in [3.8, 4) is 11.5 Å². The van der Waals surface area contributed by atoms with Crippen molar-refractivity contribution in [1.29, 1.82) is 0 Å². The van der Waals surface area contributed by atoms with Crippen molar-refractivity contribution in [2.45, 2.75) is 13.5 Å². The second-order valence-corrected chi connectivity index (χ2v) is 3.71. The van der Waals surface area contributed by atoms with Crippen LogP contribution < -0.4 is 9.47 Å². The number of para-hydroxylation sites is 1. The van der Waals surface area contributed by atoms with Gasteiger partial charge in [0.1, 0.15) is 0 Å². The van der Waals surface area contributed by atoms with Gasteiger partial charge in [-0.15, -0.1) is 0 Å². The molecule has 0 atom stereocenters. The van der Waals surface area contributed by atoms with Crippen LogP contribution in [0.15, 0.2) is 30.9 Å². The quantitative estimate of drug-likeness (QED) is 0.746. The van der Waals surface area contributed by atoms with Crippen molar-refractivity contribution in [3.63, 3.8) is 0 Å². The number of nitrogens with zero attached hydrogens (tertiary/aromatic N) is 1. The normalized spacial score (nSPS) is 12.3. The monoisotopic (exact) mass is 233 g/mol. The van der Waals surface area contributed by atoms with Gasteiger partial charge in [-0.3, -0.25) is 4.79 Å². The highest BCUT2D eigenvalue weighted by atomic mass is 16.7. The fourth-order valence-corrected chi connectivity index (χ4v) is 1.80. The van der Waals surface area contributed by atoms with Crippen molar-refractivity contribution in [1.82, 2.24) is 4.90 Å². The van der Waals surface area contributed by atoms with E-state index in [0.717, 1.165) is 17.1 Å². The summed E-state index contributed by atoms with van der Waals surface area (Å²) >= 11 is 0. The average molecular weight is 233 g/mol. The van der Waals surface area contributed by atoms with Gasteiger partial charge in [-0.25, -0.2) is 0 Å². The largest absolute Gasteiger partial charge is 0.454 e. The zero-order chi connectivity index (χ0) is 12.3. The van der Waals surface area contributed by atoms with E-state index >= 15 is 0 Å². The third-order valence-electron chi connectivity index (χ3n) is 2.71. The van der Waals surface area contributed by atoms with Crippen molar-refractivity contribution in [2.75, 3.05) is 13.3 Å². The minimum atomic E-state index is -0.0796. The molecule has 1 aliphatic rings. The number of likely N-dealkylation sites (N-methyl/N-ethyl adjacent to an activating group) is 1. The van der Waals surface area contributed by atoms with E-state index in [4.69, 9.17) is 9.47 Å². The van der Waals surface area contributed by atoms with Gasteiger partial charge in [0, 0.05) is 18.7 Å². The smallest absolute Gasteiger partial charge is 0.246 e. The molecule has 4 nitrogen and oxygen atoms in total. The number of benzene rings is 1. The Bertz CT molecular complexity index is 442. The third kappa shape index (κ3) is 2.25. The number of amides is 1. The van der Waals surface area contributed by atoms with Crippen LogP contribution in [0.3, 0.4) is 0 Å². The molecule has 0 saturated heterocycles. The summed E-state index contributed by atoms with van der Waals surface area (Å²) in [4.78, 5) is 13.3. The maximum Gasteiger partial charge on any atom is 0.246 e. The summed E-state index contributed by atoms with van der Waals surface area (Å²) in [6, 6.07) is 5.69. The van der Waals surface area contributed by atoms with Crippen LogP contribution in [0, 0.1) is 0 Å². The lowest BCUT2D eigenvalue weighted by Gasteiger charge is -2.19. The summed E-state index contributed by atoms with van der Waals surface area (Å²) in [5.74, 6) is 1.40. The van der Waals surface area contributed by atoms with Crippen LogP contribution in [0.1, 0.15) is 12.5 Å². The molecule has 0 aromatic heterocycles. The summed E-state index contributed by atoms with van der Waals surface area (Å²) in [7, 11) is 0. The summed E-state index contributed by atoms with van der Waals surface area (Å²) in [6.45, 7) is 6.81. The minimum Gasteiger partial charge on any atom is -0.454 e. The third-order valence-corrected chi connectivity index (χ3v) is 2.71. The number of rotatable bonds is 4. The van der Waals surface area contributed by atoms with E-state index in [1.54, 1.807) is 4.90 Å². The van der Waals surface area contributed by atoms with Crippen LogP contribution in [0.5, 0.6) is 11.5 Å². The van der Waals surface area contributed by atoms with E-state index in [0.29, 0.717) is 13.1 Å². The number of fused-ring (bicyclic) bond motifs is 1. The first-order chi connectivity index (χ1) is 8.26. The Morgan fingerprint density at radius 1 is 1.53 bits per heavy atom. The molecule has 0 fully saturated rings. The predicted molar refractivity (Wildman–Crippen MR) is 63.9 cm³/mol. The molecule has 1 aromatic carbocycles. The highest BCUT2D eigenvalue weighted by molar-refractivity contribution is 5.87. The standard InChI is InChI=1S/C13H15NO3/c1-3-12(15)14(4-2)8-10-6-5-7-11-13(10)17-9-16-11/h3,5-7H,1,4,8-9H2,2H3. The molecule has 1 heterocycles. The zero-order valence-electron chi connectivity index (χ0n) is 9.81. The first kappa shape index (κ1) is 11.5. The fourth-order valence-electron chi connectivity index (χ4n) is 1.80. The predicted octanol–water partition coefficient (Wildman–Crippen LogP) is 1.95. The van der Waals surface area contributed by atoms with Gasteiger partial charge < -0.3 is 14.4 Å². The fraction of sp³-hybridized carbons (Fsp3) is 0.308. The lowest BCUT2D eigenvalue weighted by Crippen LogP contribution is -2.28. The molecule has 1 amide bonds. The van der Waals surface area contributed by atoms with Crippen LogP contribution in [0.2, 0.25) is 0 Å². The highest BCUT2D eigenvalue weighted by Gasteiger charge is 2.19. The van der Waals surface area contributed by atoms with Crippen molar-refractivity contribution in [3.05, 3.63) is 36.4 Å². The van der Waals surface area contributed by atoms with Crippen LogP contribution >= 0.6 is 0 Å². The summed E-state index contributed by atoms with van der Waals surface area (Å²) < 4.78 is 10.7. The molecule has 90 valence electrons. The Morgan fingerprint density at radius 2 is 2.35 bits per heavy atom. The maximum atomic E-state index is 11.6. The molecule has 0 unspecified atom stereocenters. The second-order valence-electron chi connectivity index (χ2n) is 3.71.